The Hall–Kier alpha value is -0.740. The SMILES string of the molecule is COCC(C)SCc1cc(OC)ccn1. The second kappa shape index (κ2) is 6.69. The minimum absolute atomic E-state index is 0.489. The van der Waals surface area contributed by atoms with E-state index in [2.05, 4.69) is 11.9 Å². The zero-order chi connectivity index (χ0) is 11.1. The van der Waals surface area contributed by atoms with Gasteiger partial charge in [0.25, 0.3) is 0 Å². The number of thioether (sulfide) groups is 1. The number of hydrogen-bond donors (Lipinski definition) is 0. The van der Waals surface area contributed by atoms with Crippen LogP contribution in [0.15, 0.2) is 18.3 Å². The van der Waals surface area contributed by atoms with E-state index >= 15 is 0 Å². The lowest BCUT2D eigenvalue weighted by atomic mass is 10.3. The molecule has 3 nitrogen and oxygen atoms in total. The summed E-state index contributed by atoms with van der Waals surface area (Å²) < 4.78 is 10.2. The highest BCUT2D eigenvalue weighted by molar-refractivity contribution is 7.99. The molecule has 0 saturated heterocycles. The third-order valence-electron chi connectivity index (χ3n) is 1.94. The summed E-state index contributed by atoms with van der Waals surface area (Å²) in [5.41, 5.74) is 1.04. The van der Waals surface area contributed by atoms with E-state index in [1.54, 1.807) is 20.4 Å². The summed E-state index contributed by atoms with van der Waals surface area (Å²) in [6, 6.07) is 3.82. The Morgan fingerprint density at radius 2 is 2.27 bits per heavy atom. The van der Waals surface area contributed by atoms with Crippen molar-refractivity contribution in [1.29, 1.82) is 0 Å². The first-order valence-corrected chi connectivity index (χ1v) is 5.90. The van der Waals surface area contributed by atoms with Crippen LogP contribution < -0.4 is 4.74 Å². The highest BCUT2D eigenvalue weighted by Crippen LogP contribution is 2.19. The summed E-state index contributed by atoms with van der Waals surface area (Å²) in [6.07, 6.45) is 1.77. The summed E-state index contributed by atoms with van der Waals surface area (Å²) in [6.45, 7) is 2.92. The first-order valence-electron chi connectivity index (χ1n) is 4.85. The molecule has 4 heteroatoms. The highest BCUT2D eigenvalue weighted by atomic mass is 32.2. The topological polar surface area (TPSA) is 31.4 Å². The molecule has 0 N–H and O–H groups in total. The van der Waals surface area contributed by atoms with Crippen molar-refractivity contribution in [1.82, 2.24) is 4.98 Å². The van der Waals surface area contributed by atoms with Crippen LogP contribution in [0.25, 0.3) is 0 Å². The Bertz CT molecular complexity index is 294. The fraction of sp³-hybridized carbons (Fsp3) is 0.545. The van der Waals surface area contributed by atoms with Crippen LogP contribution in [0.5, 0.6) is 5.75 Å². The van der Waals surface area contributed by atoms with Crippen molar-refractivity contribution < 1.29 is 9.47 Å². The zero-order valence-electron chi connectivity index (χ0n) is 9.40. The van der Waals surface area contributed by atoms with Gasteiger partial charge in [0.05, 0.1) is 19.4 Å². The highest BCUT2D eigenvalue weighted by Gasteiger charge is 2.03. The lowest BCUT2D eigenvalue weighted by molar-refractivity contribution is 0.203. The number of ether oxygens (including phenoxy) is 2. The summed E-state index contributed by atoms with van der Waals surface area (Å²) in [4.78, 5) is 4.28. The van der Waals surface area contributed by atoms with Gasteiger partial charge in [-0.2, -0.15) is 11.8 Å². The van der Waals surface area contributed by atoms with Gasteiger partial charge in [0.15, 0.2) is 0 Å². The molecule has 15 heavy (non-hydrogen) atoms. The van der Waals surface area contributed by atoms with Gasteiger partial charge < -0.3 is 9.47 Å². The Kier molecular flexibility index (Phi) is 5.50. The Morgan fingerprint density at radius 1 is 1.47 bits per heavy atom. The van der Waals surface area contributed by atoms with E-state index in [0.717, 1.165) is 23.8 Å². The van der Waals surface area contributed by atoms with Crippen molar-refractivity contribution in [3.63, 3.8) is 0 Å². The molecule has 0 fully saturated rings. The zero-order valence-corrected chi connectivity index (χ0v) is 10.2. The third-order valence-corrected chi connectivity index (χ3v) is 3.11. The Morgan fingerprint density at radius 3 is 2.93 bits per heavy atom. The molecular weight excluding hydrogens is 210 g/mol. The van der Waals surface area contributed by atoms with Crippen molar-refractivity contribution >= 4 is 11.8 Å². The molecule has 84 valence electrons. The summed E-state index contributed by atoms with van der Waals surface area (Å²) >= 11 is 1.83. The summed E-state index contributed by atoms with van der Waals surface area (Å²) in [5, 5.41) is 0.489. The number of rotatable bonds is 6. The second-order valence-corrected chi connectivity index (χ2v) is 4.69. The first-order chi connectivity index (χ1) is 7.26. The summed E-state index contributed by atoms with van der Waals surface area (Å²) in [5.74, 6) is 1.75. The van der Waals surface area contributed by atoms with Crippen LogP contribution in [-0.2, 0) is 10.5 Å². The first kappa shape index (κ1) is 12.3. The smallest absolute Gasteiger partial charge is 0.122 e. The van der Waals surface area contributed by atoms with Gasteiger partial charge in [-0.1, -0.05) is 6.92 Å². The molecule has 0 aliphatic heterocycles. The molecule has 0 bridgehead atoms. The van der Waals surface area contributed by atoms with Gasteiger partial charge >= 0.3 is 0 Å². The van der Waals surface area contributed by atoms with Crippen molar-refractivity contribution in [2.75, 3.05) is 20.8 Å². The maximum atomic E-state index is 5.14. The van der Waals surface area contributed by atoms with Gasteiger partial charge in [-0.3, -0.25) is 4.98 Å². The van der Waals surface area contributed by atoms with E-state index in [1.807, 2.05) is 23.9 Å². The van der Waals surface area contributed by atoms with Gasteiger partial charge in [-0.25, -0.2) is 0 Å². The molecule has 1 atom stereocenters. The lowest BCUT2D eigenvalue weighted by Crippen LogP contribution is -2.05. The standard InChI is InChI=1S/C11H17NO2S/c1-9(7-13-2)15-8-10-6-11(14-3)4-5-12-10/h4-6,9H,7-8H2,1-3H3. The molecule has 0 radical (unpaired) electrons. The van der Waals surface area contributed by atoms with E-state index in [9.17, 15) is 0 Å². The minimum Gasteiger partial charge on any atom is -0.497 e. The van der Waals surface area contributed by atoms with E-state index in [0.29, 0.717) is 5.25 Å². The van der Waals surface area contributed by atoms with Gasteiger partial charge in [0.2, 0.25) is 0 Å². The second-order valence-electron chi connectivity index (χ2n) is 3.26. The molecule has 0 aromatic carbocycles. The molecule has 0 aliphatic carbocycles. The molecule has 0 aliphatic rings. The van der Waals surface area contributed by atoms with Crippen molar-refractivity contribution in [3.05, 3.63) is 24.0 Å². The van der Waals surface area contributed by atoms with E-state index in [4.69, 9.17) is 9.47 Å². The van der Waals surface area contributed by atoms with Crippen LogP contribution in [0.2, 0.25) is 0 Å². The molecule has 0 amide bonds. The maximum absolute atomic E-state index is 5.14. The van der Waals surface area contributed by atoms with Gasteiger partial charge in [-0.05, 0) is 6.07 Å². The monoisotopic (exact) mass is 227 g/mol. The quantitative estimate of drug-likeness (QED) is 0.746. The van der Waals surface area contributed by atoms with Crippen molar-refractivity contribution in [2.45, 2.75) is 17.9 Å². The largest absolute Gasteiger partial charge is 0.497 e. The maximum Gasteiger partial charge on any atom is 0.122 e. The molecule has 1 heterocycles. The van der Waals surface area contributed by atoms with Crippen molar-refractivity contribution in [3.8, 4) is 5.75 Å². The molecular formula is C11H17NO2S. The third kappa shape index (κ3) is 4.53. The van der Waals surface area contributed by atoms with E-state index < -0.39 is 0 Å². The van der Waals surface area contributed by atoms with Gasteiger partial charge in [0, 0.05) is 30.4 Å². The van der Waals surface area contributed by atoms with Gasteiger partial charge in [0.1, 0.15) is 5.75 Å². The average Bonchev–Trinajstić information content (AvgIpc) is 2.27. The van der Waals surface area contributed by atoms with Crippen LogP contribution in [0.3, 0.4) is 0 Å². The number of aromatic nitrogens is 1. The predicted octanol–water partition coefficient (Wildman–Crippen LogP) is 2.36. The average molecular weight is 227 g/mol. The van der Waals surface area contributed by atoms with Crippen LogP contribution in [0, 0.1) is 0 Å². The molecule has 0 spiro atoms. The van der Waals surface area contributed by atoms with Gasteiger partial charge in [-0.15, -0.1) is 0 Å². The van der Waals surface area contributed by atoms with Crippen LogP contribution in [-0.4, -0.2) is 31.1 Å². The Labute approximate surface area is 95.2 Å². The normalized spacial score (nSPS) is 12.5. The van der Waals surface area contributed by atoms with Crippen LogP contribution in [0.1, 0.15) is 12.6 Å². The fourth-order valence-corrected chi connectivity index (χ4v) is 2.02. The number of hydrogen-bond acceptors (Lipinski definition) is 4. The number of pyridine rings is 1. The molecule has 1 unspecified atom stereocenters. The van der Waals surface area contributed by atoms with Crippen LogP contribution >= 0.6 is 11.8 Å². The van der Waals surface area contributed by atoms with E-state index in [-0.39, 0.29) is 0 Å². The molecule has 1 aromatic heterocycles. The molecule has 0 saturated carbocycles. The fourth-order valence-electron chi connectivity index (χ4n) is 1.17. The van der Waals surface area contributed by atoms with Crippen molar-refractivity contribution in [2.24, 2.45) is 0 Å². The minimum atomic E-state index is 0.489. The molecule has 1 rings (SSSR count). The summed E-state index contributed by atoms with van der Waals surface area (Å²) in [7, 11) is 3.39. The van der Waals surface area contributed by atoms with E-state index in [1.165, 1.54) is 0 Å². The lowest BCUT2D eigenvalue weighted by Gasteiger charge is -2.09. The molecule has 1 aromatic rings. The predicted molar refractivity (Wildman–Crippen MR) is 63.4 cm³/mol. The number of methoxy groups -OCH3 is 2. The number of nitrogens with zero attached hydrogens (tertiary/aromatic N) is 1. The Balaban J connectivity index is 2.43. The van der Waals surface area contributed by atoms with Crippen LogP contribution in [0.4, 0.5) is 0 Å².